The number of nitrogens with one attached hydrogen (secondary N) is 2. The van der Waals surface area contributed by atoms with Crippen molar-refractivity contribution in [2.24, 2.45) is 5.92 Å². The number of hydrogen-bond donors (Lipinski definition) is 2. The third-order valence-electron chi connectivity index (χ3n) is 4.04. The first-order valence-corrected chi connectivity index (χ1v) is 7.97. The van der Waals surface area contributed by atoms with Crippen molar-refractivity contribution in [1.29, 1.82) is 0 Å². The van der Waals surface area contributed by atoms with Crippen LogP contribution in [0.15, 0.2) is 30.3 Å². The van der Waals surface area contributed by atoms with Crippen LogP contribution < -0.4 is 10.6 Å². The molecule has 0 heterocycles. The van der Waals surface area contributed by atoms with Crippen molar-refractivity contribution in [3.05, 3.63) is 35.9 Å². The lowest BCUT2D eigenvalue weighted by atomic mass is 10.1. The third kappa shape index (κ3) is 5.06. The zero-order chi connectivity index (χ0) is 15.8. The summed E-state index contributed by atoms with van der Waals surface area (Å²) in [5.74, 6) is 0.306. The highest BCUT2D eigenvalue weighted by Crippen LogP contribution is 2.24. The molecule has 2 rings (SSSR count). The van der Waals surface area contributed by atoms with E-state index in [9.17, 15) is 9.59 Å². The average molecular weight is 303 g/mol. The molecule has 0 spiro atoms. The summed E-state index contributed by atoms with van der Waals surface area (Å²) < 4.78 is 0. The van der Waals surface area contributed by atoms with Gasteiger partial charge in [-0.05, 0) is 18.4 Å². The van der Waals surface area contributed by atoms with E-state index in [4.69, 9.17) is 0 Å². The fourth-order valence-corrected chi connectivity index (χ4v) is 2.75. The highest BCUT2D eigenvalue weighted by molar-refractivity contribution is 5.79. The number of rotatable bonds is 6. The summed E-state index contributed by atoms with van der Waals surface area (Å²) in [6.07, 6.45) is 4.30. The van der Waals surface area contributed by atoms with Crippen LogP contribution in [0.4, 0.5) is 4.79 Å². The molecule has 1 aromatic rings. The van der Waals surface area contributed by atoms with Gasteiger partial charge in [-0.2, -0.15) is 0 Å². The highest BCUT2D eigenvalue weighted by atomic mass is 16.2. The van der Waals surface area contributed by atoms with Crippen LogP contribution in [0.25, 0.3) is 0 Å². The van der Waals surface area contributed by atoms with Gasteiger partial charge < -0.3 is 15.5 Å². The second-order valence-electron chi connectivity index (χ2n) is 5.85. The van der Waals surface area contributed by atoms with Crippen molar-refractivity contribution >= 4 is 11.9 Å². The fraction of sp³-hybridized carbons (Fsp3) is 0.529. The molecule has 1 aliphatic rings. The Bertz CT molecular complexity index is 484. The normalized spacial score (nSPS) is 14.6. The monoisotopic (exact) mass is 303 g/mol. The number of urea groups is 1. The Morgan fingerprint density at radius 3 is 2.41 bits per heavy atom. The van der Waals surface area contributed by atoms with Crippen LogP contribution in [0.5, 0.6) is 0 Å². The van der Waals surface area contributed by atoms with Gasteiger partial charge in [0.2, 0.25) is 5.91 Å². The Kier molecular flexibility index (Phi) is 6.25. The SMILES string of the molecule is CN(Cc1ccccc1)C(=O)NCCNC(=O)C1CCCC1. The van der Waals surface area contributed by atoms with Crippen molar-refractivity contribution in [3.8, 4) is 0 Å². The molecule has 1 aromatic carbocycles. The van der Waals surface area contributed by atoms with Crippen molar-refractivity contribution in [1.82, 2.24) is 15.5 Å². The molecule has 2 N–H and O–H groups in total. The minimum Gasteiger partial charge on any atom is -0.354 e. The van der Waals surface area contributed by atoms with Crippen LogP contribution in [0.3, 0.4) is 0 Å². The molecule has 5 nitrogen and oxygen atoms in total. The van der Waals surface area contributed by atoms with Gasteiger partial charge >= 0.3 is 6.03 Å². The average Bonchev–Trinajstić information content (AvgIpc) is 3.06. The highest BCUT2D eigenvalue weighted by Gasteiger charge is 2.21. The van der Waals surface area contributed by atoms with Gasteiger partial charge in [0.15, 0.2) is 0 Å². The smallest absolute Gasteiger partial charge is 0.317 e. The van der Waals surface area contributed by atoms with E-state index in [1.165, 1.54) is 0 Å². The Hall–Kier alpha value is -2.04. The fourth-order valence-electron chi connectivity index (χ4n) is 2.75. The quantitative estimate of drug-likeness (QED) is 0.791. The van der Waals surface area contributed by atoms with E-state index in [0.29, 0.717) is 19.6 Å². The number of carbonyl (C=O) groups is 2. The molecule has 0 bridgehead atoms. The van der Waals surface area contributed by atoms with Crippen LogP contribution in [0, 0.1) is 5.92 Å². The number of amides is 3. The van der Waals surface area contributed by atoms with E-state index in [1.54, 1.807) is 11.9 Å². The molecule has 0 aliphatic heterocycles. The summed E-state index contributed by atoms with van der Waals surface area (Å²) in [5.41, 5.74) is 1.09. The van der Waals surface area contributed by atoms with Crippen LogP contribution in [-0.4, -0.2) is 37.0 Å². The second-order valence-corrected chi connectivity index (χ2v) is 5.85. The summed E-state index contributed by atoms with van der Waals surface area (Å²) in [6.45, 7) is 1.51. The van der Waals surface area contributed by atoms with Crippen LogP contribution >= 0.6 is 0 Å². The molecule has 5 heteroatoms. The number of hydrogen-bond acceptors (Lipinski definition) is 2. The van der Waals surface area contributed by atoms with Gasteiger partial charge in [0, 0.05) is 32.6 Å². The van der Waals surface area contributed by atoms with Crippen LogP contribution in [-0.2, 0) is 11.3 Å². The second kappa shape index (κ2) is 8.41. The maximum Gasteiger partial charge on any atom is 0.317 e. The Balaban J connectivity index is 1.61. The van der Waals surface area contributed by atoms with Gasteiger partial charge in [0.25, 0.3) is 0 Å². The molecular weight excluding hydrogens is 278 g/mol. The lowest BCUT2D eigenvalue weighted by Crippen LogP contribution is -2.41. The summed E-state index contributed by atoms with van der Waals surface area (Å²) in [5, 5.41) is 5.72. The van der Waals surface area contributed by atoms with Crippen LogP contribution in [0.2, 0.25) is 0 Å². The lowest BCUT2D eigenvalue weighted by Gasteiger charge is -2.18. The zero-order valence-electron chi connectivity index (χ0n) is 13.2. The number of carbonyl (C=O) groups excluding carboxylic acids is 2. The molecule has 0 saturated heterocycles. The van der Waals surface area contributed by atoms with E-state index < -0.39 is 0 Å². The Morgan fingerprint density at radius 1 is 1.09 bits per heavy atom. The molecule has 3 amide bonds. The minimum absolute atomic E-state index is 0.126. The van der Waals surface area contributed by atoms with Crippen molar-refractivity contribution in [2.75, 3.05) is 20.1 Å². The van der Waals surface area contributed by atoms with E-state index >= 15 is 0 Å². The molecule has 22 heavy (non-hydrogen) atoms. The topological polar surface area (TPSA) is 61.4 Å². The summed E-state index contributed by atoms with van der Waals surface area (Å²) in [7, 11) is 1.76. The van der Waals surface area contributed by atoms with Crippen molar-refractivity contribution in [3.63, 3.8) is 0 Å². The van der Waals surface area contributed by atoms with E-state index in [0.717, 1.165) is 31.2 Å². The minimum atomic E-state index is -0.126. The Morgan fingerprint density at radius 2 is 1.73 bits per heavy atom. The number of benzene rings is 1. The molecule has 120 valence electrons. The zero-order valence-corrected chi connectivity index (χ0v) is 13.2. The molecule has 1 saturated carbocycles. The van der Waals surface area contributed by atoms with Gasteiger partial charge in [0.05, 0.1) is 0 Å². The van der Waals surface area contributed by atoms with Crippen molar-refractivity contribution in [2.45, 2.75) is 32.2 Å². The van der Waals surface area contributed by atoms with E-state index in [2.05, 4.69) is 10.6 Å². The van der Waals surface area contributed by atoms with E-state index in [1.807, 2.05) is 30.3 Å². The van der Waals surface area contributed by atoms with Gasteiger partial charge in [0.1, 0.15) is 0 Å². The Labute approximate surface area is 132 Å². The summed E-state index contributed by atoms with van der Waals surface area (Å²) >= 11 is 0. The van der Waals surface area contributed by atoms with E-state index in [-0.39, 0.29) is 17.9 Å². The van der Waals surface area contributed by atoms with Gasteiger partial charge in [-0.1, -0.05) is 43.2 Å². The molecular formula is C17H25N3O2. The van der Waals surface area contributed by atoms with Gasteiger partial charge in [-0.3, -0.25) is 4.79 Å². The first-order chi connectivity index (χ1) is 10.7. The summed E-state index contributed by atoms with van der Waals surface area (Å²) in [4.78, 5) is 25.4. The maximum atomic E-state index is 12.0. The largest absolute Gasteiger partial charge is 0.354 e. The summed E-state index contributed by atoms with van der Waals surface area (Å²) in [6, 6.07) is 9.73. The predicted octanol–water partition coefficient (Wildman–Crippen LogP) is 2.13. The maximum absolute atomic E-state index is 12.0. The van der Waals surface area contributed by atoms with Gasteiger partial charge in [-0.15, -0.1) is 0 Å². The molecule has 0 radical (unpaired) electrons. The van der Waals surface area contributed by atoms with Gasteiger partial charge in [-0.25, -0.2) is 4.79 Å². The predicted molar refractivity (Wildman–Crippen MR) is 86.3 cm³/mol. The lowest BCUT2D eigenvalue weighted by molar-refractivity contribution is -0.124. The standard InChI is InChI=1S/C17H25N3O2/c1-20(13-14-7-3-2-4-8-14)17(22)19-12-11-18-16(21)15-9-5-6-10-15/h2-4,7-8,15H,5-6,9-13H2,1H3,(H,18,21)(H,19,22). The number of nitrogens with zero attached hydrogens (tertiary/aromatic N) is 1. The van der Waals surface area contributed by atoms with Crippen LogP contribution in [0.1, 0.15) is 31.2 Å². The first kappa shape index (κ1) is 16.3. The molecule has 1 fully saturated rings. The first-order valence-electron chi connectivity index (χ1n) is 7.97. The molecule has 1 aliphatic carbocycles. The molecule has 0 unspecified atom stereocenters. The van der Waals surface area contributed by atoms with Crippen molar-refractivity contribution < 1.29 is 9.59 Å². The third-order valence-corrected chi connectivity index (χ3v) is 4.04. The molecule has 0 aromatic heterocycles. The molecule has 0 atom stereocenters.